The minimum absolute atomic E-state index is 0. The SMILES string of the molecule is CN=C(NCc1ccc(OC)c(OC)c1)NCC(C(C)C)N1CCN(C)CC1.I. The average molecular weight is 519 g/mol. The standard InChI is InChI=1S/C21H37N5O2.HI/c1-16(2)18(26-11-9-25(4)10-12-26)15-24-21(22-3)23-14-17-7-8-19(27-5)20(13-17)28-6;/h7-8,13,16,18H,9-12,14-15H2,1-6H3,(H2,22,23,24);1H. The third-order valence-corrected chi connectivity index (χ3v) is 5.39. The number of ether oxygens (including phenoxy) is 2. The molecule has 29 heavy (non-hydrogen) atoms. The summed E-state index contributed by atoms with van der Waals surface area (Å²) >= 11 is 0. The normalized spacial score (nSPS) is 16.9. The molecule has 0 saturated carbocycles. The van der Waals surface area contributed by atoms with Crippen LogP contribution in [0.15, 0.2) is 23.2 Å². The first kappa shape index (κ1) is 25.8. The molecule has 7 nitrogen and oxygen atoms in total. The van der Waals surface area contributed by atoms with Gasteiger partial charge < -0.3 is 25.0 Å². The fraction of sp³-hybridized carbons (Fsp3) is 0.667. The van der Waals surface area contributed by atoms with Crippen LogP contribution in [-0.2, 0) is 6.54 Å². The zero-order valence-corrected chi connectivity index (χ0v) is 21.0. The molecule has 0 spiro atoms. The number of hydrogen-bond acceptors (Lipinski definition) is 5. The van der Waals surface area contributed by atoms with E-state index in [1.807, 2.05) is 25.2 Å². The van der Waals surface area contributed by atoms with Gasteiger partial charge in [-0.3, -0.25) is 9.89 Å². The van der Waals surface area contributed by atoms with Gasteiger partial charge in [0.2, 0.25) is 0 Å². The molecular weight excluding hydrogens is 481 g/mol. The molecule has 0 radical (unpaired) electrons. The summed E-state index contributed by atoms with van der Waals surface area (Å²) in [6, 6.07) is 6.44. The van der Waals surface area contributed by atoms with E-state index in [0.717, 1.165) is 55.7 Å². The molecule has 1 aliphatic rings. The van der Waals surface area contributed by atoms with Gasteiger partial charge in [0, 0.05) is 52.4 Å². The molecule has 1 heterocycles. The Kier molecular flexibility index (Phi) is 11.7. The Hall–Kier alpha value is -1.26. The molecular formula is C21H38IN5O2. The van der Waals surface area contributed by atoms with Gasteiger partial charge in [-0.1, -0.05) is 19.9 Å². The first-order valence-electron chi connectivity index (χ1n) is 10.1. The molecule has 2 N–H and O–H groups in total. The van der Waals surface area contributed by atoms with Gasteiger partial charge in [-0.25, -0.2) is 0 Å². The molecule has 1 atom stereocenters. The number of guanidine groups is 1. The summed E-state index contributed by atoms with van der Waals surface area (Å²) in [6.07, 6.45) is 0. The number of piperazine rings is 1. The number of benzene rings is 1. The largest absolute Gasteiger partial charge is 0.493 e. The van der Waals surface area contributed by atoms with E-state index in [9.17, 15) is 0 Å². The Morgan fingerprint density at radius 3 is 2.28 bits per heavy atom. The van der Waals surface area contributed by atoms with E-state index < -0.39 is 0 Å². The molecule has 0 bridgehead atoms. The molecule has 1 saturated heterocycles. The fourth-order valence-electron chi connectivity index (χ4n) is 3.54. The van der Waals surface area contributed by atoms with Gasteiger partial charge in [0.15, 0.2) is 17.5 Å². The minimum atomic E-state index is 0. The van der Waals surface area contributed by atoms with Gasteiger partial charge >= 0.3 is 0 Å². The lowest BCUT2D eigenvalue weighted by molar-refractivity contribution is 0.0900. The second-order valence-electron chi connectivity index (χ2n) is 7.65. The van der Waals surface area contributed by atoms with Crippen molar-refractivity contribution in [2.75, 3.05) is 61.0 Å². The van der Waals surface area contributed by atoms with E-state index in [-0.39, 0.29) is 24.0 Å². The molecule has 1 aliphatic heterocycles. The van der Waals surface area contributed by atoms with Crippen molar-refractivity contribution >= 4 is 29.9 Å². The number of nitrogens with zero attached hydrogens (tertiary/aromatic N) is 3. The van der Waals surface area contributed by atoms with Crippen LogP contribution in [0, 0.1) is 5.92 Å². The second kappa shape index (κ2) is 13.1. The lowest BCUT2D eigenvalue weighted by Crippen LogP contribution is -2.55. The predicted octanol–water partition coefficient (Wildman–Crippen LogP) is 2.26. The van der Waals surface area contributed by atoms with Crippen LogP contribution in [0.25, 0.3) is 0 Å². The Morgan fingerprint density at radius 2 is 1.72 bits per heavy atom. The Bertz CT molecular complexity index is 633. The second-order valence-corrected chi connectivity index (χ2v) is 7.65. The first-order valence-corrected chi connectivity index (χ1v) is 10.1. The average Bonchev–Trinajstić information content (AvgIpc) is 2.71. The van der Waals surface area contributed by atoms with Crippen LogP contribution in [0.4, 0.5) is 0 Å². The molecule has 0 aromatic heterocycles. The van der Waals surface area contributed by atoms with Gasteiger partial charge in [0.25, 0.3) is 0 Å². The molecule has 8 heteroatoms. The highest BCUT2D eigenvalue weighted by Gasteiger charge is 2.25. The highest BCUT2D eigenvalue weighted by molar-refractivity contribution is 14.0. The molecule has 1 unspecified atom stereocenters. The number of hydrogen-bond donors (Lipinski definition) is 2. The topological polar surface area (TPSA) is 61.4 Å². The summed E-state index contributed by atoms with van der Waals surface area (Å²) in [6.45, 7) is 10.7. The van der Waals surface area contributed by atoms with Crippen molar-refractivity contribution < 1.29 is 9.47 Å². The third-order valence-electron chi connectivity index (χ3n) is 5.39. The summed E-state index contributed by atoms with van der Waals surface area (Å²) in [5.74, 6) is 2.87. The van der Waals surface area contributed by atoms with Gasteiger partial charge in [0.1, 0.15) is 0 Å². The summed E-state index contributed by atoms with van der Waals surface area (Å²) in [5, 5.41) is 6.90. The lowest BCUT2D eigenvalue weighted by atomic mass is 10.0. The quantitative estimate of drug-likeness (QED) is 0.312. The number of halogens is 1. The number of methoxy groups -OCH3 is 2. The van der Waals surface area contributed by atoms with Crippen molar-refractivity contribution in [1.82, 2.24) is 20.4 Å². The summed E-state index contributed by atoms with van der Waals surface area (Å²) in [5.41, 5.74) is 1.11. The van der Waals surface area contributed by atoms with Crippen LogP contribution in [-0.4, -0.2) is 82.8 Å². The maximum absolute atomic E-state index is 5.38. The van der Waals surface area contributed by atoms with Gasteiger partial charge in [-0.05, 0) is 30.7 Å². The highest BCUT2D eigenvalue weighted by atomic mass is 127. The Morgan fingerprint density at radius 1 is 1.07 bits per heavy atom. The maximum Gasteiger partial charge on any atom is 0.191 e. The molecule has 0 aliphatic carbocycles. The highest BCUT2D eigenvalue weighted by Crippen LogP contribution is 2.27. The van der Waals surface area contributed by atoms with Crippen molar-refractivity contribution in [3.05, 3.63) is 23.8 Å². The molecule has 1 fully saturated rings. The van der Waals surface area contributed by atoms with Gasteiger partial charge in [-0.2, -0.15) is 0 Å². The van der Waals surface area contributed by atoms with Gasteiger partial charge in [-0.15, -0.1) is 24.0 Å². The van der Waals surface area contributed by atoms with Crippen molar-refractivity contribution in [2.24, 2.45) is 10.9 Å². The van der Waals surface area contributed by atoms with Crippen LogP contribution >= 0.6 is 24.0 Å². The molecule has 166 valence electrons. The number of nitrogens with one attached hydrogen (secondary N) is 2. The molecule has 2 rings (SSSR count). The number of rotatable bonds is 8. The van der Waals surface area contributed by atoms with E-state index in [0.29, 0.717) is 18.5 Å². The zero-order valence-electron chi connectivity index (χ0n) is 18.7. The van der Waals surface area contributed by atoms with Crippen molar-refractivity contribution in [3.8, 4) is 11.5 Å². The van der Waals surface area contributed by atoms with Crippen molar-refractivity contribution in [3.63, 3.8) is 0 Å². The van der Waals surface area contributed by atoms with E-state index in [4.69, 9.17) is 9.47 Å². The van der Waals surface area contributed by atoms with Crippen LogP contribution in [0.2, 0.25) is 0 Å². The van der Waals surface area contributed by atoms with Crippen molar-refractivity contribution in [1.29, 1.82) is 0 Å². The Labute approximate surface area is 193 Å². The third kappa shape index (κ3) is 7.82. The van der Waals surface area contributed by atoms with E-state index >= 15 is 0 Å². The zero-order chi connectivity index (χ0) is 20.5. The van der Waals surface area contributed by atoms with Crippen LogP contribution < -0.4 is 20.1 Å². The summed E-state index contributed by atoms with van der Waals surface area (Å²) in [7, 11) is 7.30. The fourth-order valence-corrected chi connectivity index (χ4v) is 3.54. The number of likely N-dealkylation sites (N-methyl/N-ethyl adjacent to an activating group) is 1. The Balaban J connectivity index is 0.00000420. The van der Waals surface area contributed by atoms with Crippen molar-refractivity contribution in [2.45, 2.75) is 26.4 Å². The van der Waals surface area contributed by atoms with Gasteiger partial charge in [0.05, 0.1) is 14.2 Å². The van der Waals surface area contributed by atoms with Crippen LogP contribution in [0.5, 0.6) is 11.5 Å². The maximum atomic E-state index is 5.38. The van der Waals surface area contributed by atoms with Crippen LogP contribution in [0.3, 0.4) is 0 Å². The smallest absolute Gasteiger partial charge is 0.191 e. The number of aliphatic imine (C=N–C) groups is 1. The summed E-state index contributed by atoms with van der Waals surface area (Å²) < 4.78 is 10.7. The molecule has 1 aromatic carbocycles. The van der Waals surface area contributed by atoms with Crippen LogP contribution in [0.1, 0.15) is 19.4 Å². The van der Waals surface area contributed by atoms with E-state index in [1.165, 1.54) is 0 Å². The lowest BCUT2D eigenvalue weighted by Gasteiger charge is -2.40. The summed E-state index contributed by atoms with van der Waals surface area (Å²) in [4.78, 5) is 9.37. The molecule has 0 amide bonds. The predicted molar refractivity (Wildman–Crippen MR) is 131 cm³/mol. The first-order chi connectivity index (χ1) is 13.5. The minimum Gasteiger partial charge on any atom is -0.493 e. The van der Waals surface area contributed by atoms with E-state index in [2.05, 4.69) is 46.3 Å². The monoisotopic (exact) mass is 519 g/mol. The molecule has 1 aromatic rings. The van der Waals surface area contributed by atoms with E-state index in [1.54, 1.807) is 14.2 Å².